The third-order valence-electron chi connectivity index (χ3n) is 3.78. The highest BCUT2D eigenvalue weighted by atomic mass is 79.9. The molecule has 9 heteroatoms. The summed E-state index contributed by atoms with van der Waals surface area (Å²) in [7, 11) is 1.50. The van der Waals surface area contributed by atoms with Gasteiger partial charge in [-0.25, -0.2) is 0 Å². The van der Waals surface area contributed by atoms with E-state index in [4.69, 9.17) is 17.0 Å². The molecule has 3 aromatic rings. The predicted octanol–water partition coefficient (Wildman–Crippen LogP) is 4.90. The van der Waals surface area contributed by atoms with Gasteiger partial charge in [-0.2, -0.15) is 0 Å². The summed E-state index contributed by atoms with van der Waals surface area (Å²) in [6.45, 7) is 0. The minimum Gasteiger partial charge on any atom is -0.496 e. The fourth-order valence-electron chi connectivity index (χ4n) is 2.43. The van der Waals surface area contributed by atoms with Crippen molar-refractivity contribution in [1.82, 2.24) is 5.32 Å². The van der Waals surface area contributed by atoms with Gasteiger partial charge in [0.1, 0.15) is 5.75 Å². The van der Waals surface area contributed by atoms with E-state index in [2.05, 4.69) is 31.9 Å². The summed E-state index contributed by atoms with van der Waals surface area (Å²) < 4.78 is 5.97. The fourth-order valence-corrected chi connectivity index (χ4v) is 3.62. The fraction of sp³-hybridized carbons (Fsp3) is 0.0500. The van der Waals surface area contributed by atoms with Crippen LogP contribution in [-0.2, 0) is 0 Å². The summed E-state index contributed by atoms with van der Waals surface area (Å²) in [5, 5.41) is 10.4. The maximum absolute atomic E-state index is 12.5. The zero-order valence-corrected chi connectivity index (χ0v) is 18.4. The Kier molecular flexibility index (Phi) is 6.97. The summed E-state index contributed by atoms with van der Waals surface area (Å²) in [5.74, 6) is -0.105. The highest BCUT2D eigenvalue weighted by Gasteiger charge is 2.14. The monoisotopic (exact) mass is 489 g/mol. The number of benzene rings is 2. The lowest BCUT2D eigenvalue weighted by molar-refractivity contribution is 0.0973. The van der Waals surface area contributed by atoms with Crippen molar-refractivity contribution in [2.45, 2.75) is 0 Å². The highest BCUT2D eigenvalue weighted by molar-refractivity contribution is 9.10. The van der Waals surface area contributed by atoms with Crippen LogP contribution in [0.5, 0.6) is 5.75 Å². The number of hydrogen-bond acceptors (Lipinski definition) is 5. The van der Waals surface area contributed by atoms with Crippen LogP contribution < -0.4 is 20.7 Å². The van der Waals surface area contributed by atoms with Crippen LogP contribution in [0.3, 0.4) is 0 Å². The lowest BCUT2D eigenvalue weighted by Crippen LogP contribution is -2.34. The normalized spacial score (nSPS) is 10.1. The first-order valence-corrected chi connectivity index (χ1v) is 10.4. The average molecular weight is 490 g/mol. The molecule has 0 aliphatic carbocycles. The van der Waals surface area contributed by atoms with Crippen LogP contribution in [0.4, 0.5) is 11.4 Å². The first kappa shape index (κ1) is 21.0. The standard InChI is InChI=1S/C20H16BrN3O3S2/c1-27-16-9-4-12(21)11-15(16)18(25)24-20(28)23-14-7-5-13(6-8-14)22-19(26)17-3-2-10-29-17/h2-11H,1H3,(H,22,26)(H2,23,24,25,28). The van der Waals surface area contributed by atoms with E-state index in [1.54, 1.807) is 48.5 Å². The molecule has 148 valence electrons. The first-order chi connectivity index (χ1) is 14.0. The minimum atomic E-state index is -0.388. The Morgan fingerprint density at radius 1 is 1.00 bits per heavy atom. The molecule has 0 saturated carbocycles. The zero-order valence-electron chi connectivity index (χ0n) is 15.2. The molecule has 29 heavy (non-hydrogen) atoms. The number of carbonyl (C=O) groups is 2. The molecule has 0 atom stereocenters. The van der Waals surface area contributed by atoms with Crippen molar-refractivity contribution in [3.05, 3.63) is 74.9 Å². The molecule has 0 spiro atoms. The first-order valence-electron chi connectivity index (χ1n) is 8.37. The van der Waals surface area contributed by atoms with Gasteiger partial charge in [-0.1, -0.05) is 22.0 Å². The van der Waals surface area contributed by atoms with Crippen molar-refractivity contribution in [2.75, 3.05) is 17.7 Å². The van der Waals surface area contributed by atoms with Crippen molar-refractivity contribution in [1.29, 1.82) is 0 Å². The number of thiophene rings is 1. The van der Waals surface area contributed by atoms with Gasteiger partial charge < -0.3 is 15.4 Å². The molecule has 3 N–H and O–H groups in total. The van der Waals surface area contributed by atoms with E-state index in [-0.39, 0.29) is 16.9 Å². The Morgan fingerprint density at radius 2 is 1.69 bits per heavy atom. The van der Waals surface area contributed by atoms with E-state index in [0.717, 1.165) is 4.47 Å². The molecule has 0 bridgehead atoms. The Morgan fingerprint density at radius 3 is 2.31 bits per heavy atom. The van der Waals surface area contributed by atoms with Gasteiger partial charge in [0.25, 0.3) is 11.8 Å². The van der Waals surface area contributed by atoms with E-state index in [0.29, 0.717) is 27.6 Å². The molecule has 0 aliphatic heterocycles. The lowest BCUT2D eigenvalue weighted by Gasteiger charge is -2.12. The number of amides is 2. The second-order valence-electron chi connectivity index (χ2n) is 5.76. The minimum absolute atomic E-state index is 0.146. The number of ether oxygens (including phenoxy) is 1. The molecular weight excluding hydrogens is 474 g/mol. The summed E-state index contributed by atoms with van der Waals surface area (Å²) >= 11 is 9.93. The molecule has 0 aliphatic rings. The predicted molar refractivity (Wildman–Crippen MR) is 123 cm³/mol. The van der Waals surface area contributed by atoms with Crippen LogP contribution in [-0.4, -0.2) is 24.0 Å². The Bertz CT molecular complexity index is 1040. The van der Waals surface area contributed by atoms with Crippen molar-refractivity contribution in [3.8, 4) is 5.75 Å². The van der Waals surface area contributed by atoms with Crippen LogP contribution in [0.25, 0.3) is 0 Å². The van der Waals surface area contributed by atoms with Gasteiger partial charge in [-0.3, -0.25) is 14.9 Å². The van der Waals surface area contributed by atoms with Crippen molar-refractivity contribution >= 4 is 67.8 Å². The number of carbonyl (C=O) groups excluding carboxylic acids is 2. The third-order valence-corrected chi connectivity index (χ3v) is 5.34. The van der Waals surface area contributed by atoms with Crippen LogP contribution in [0.1, 0.15) is 20.0 Å². The molecule has 1 aromatic heterocycles. The maximum atomic E-state index is 12.5. The van der Waals surface area contributed by atoms with Gasteiger partial charge in [0.05, 0.1) is 17.6 Å². The summed E-state index contributed by atoms with van der Waals surface area (Å²) in [5.41, 5.74) is 1.69. The number of thiocarbonyl (C=S) groups is 1. The summed E-state index contributed by atoms with van der Waals surface area (Å²) in [6, 6.07) is 15.7. The van der Waals surface area contributed by atoms with E-state index >= 15 is 0 Å². The molecule has 3 rings (SSSR count). The van der Waals surface area contributed by atoms with E-state index in [9.17, 15) is 9.59 Å². The Labute approximate surface area is 185 Å². The number of anilines is 2. The molecule has 0 fully saturated rings. The number of hydrogen-bond donors (Lipinski definition) is 3. The maximum Gasteiger partial charge on any atom is 0.265 e. The van der Waals surface area contributed by atoms with Crippen molar-refractivity contribution < 1.29 is 14.3 Å². The second kappa shape index (κ2) is 9.64. The van der Waals surface area contributed by atoms with Gasteiger partial charge >= 0.3 is 0 Å². The quantitative estimate of drug-likeness (QED) is 0.444. The number of rotatable bonds is 5. The van der Waals surface area contributed by atoms with E-state index in [1.807, 2.05) is 11.4 Å². The van der Waals surface area contributed by atoms with Crippen LogP contribution in [0.15, 0.2) is 64.5 Å². The Balaban J connectivity index is 1.59. The summed E-state index contributed by atoms with van der Waals surface area (Å²) in [4.78, 5) is 25.2. The van der Waals surface area contributed by atoms with Crippen molar-refractivity contribution in [2.24, 2.45) is 0 Å². The van der Waals surface area contributed by atoms with Gasteiger partial charge in [-0.05, 0) is 66.1 Å². The largest absolute Gasteiger partial charge is 0.496 e. The Hall–Kier alpha value is -2.75. The smallest absolute Gasteiger partial charge is 0.265 e. The van der Waals surface area contributed by atoms with Gasteiger partial charge in [0.2, 0.25) is 0 Å². The molecule has 6 nitrogen and oxygen atoms in total. The van der Waals surface area contributed by atoms with Gasteiger partial charge in [0.15, 0.2) is 5.11 Å². The molecule has 1 heterocycles. The molecular formula is C20H16BrN3O3S2. The second-order valence-corrected chi connectivity index (χ2v) is 8.03. The summed E-state index contributed by atoms with van der Waals surface area (Å²) in [6.07, 6.45) is 0. The highest BCUT2D eigenvalue weighted by Crippen LogP contribution is 2.23. The van der Waals surface area contributed by atoms with Gasteiger partial charge in [-0.15, -0.1) is 11.3 Å². The topological polar surface area (TPSA) is 79.5 Å². The molecule has 0 saturated heterocycles. The van der Waals surface area contributed by atoms with Crippen LogP contribution in [0.2, 0.25) is 0 Å². The molecule has 0 radical (unpaired) electrons. The number of halogens is 1. The molecule has 0 unspecified atom stereocenters. The molecule has 2 aromatic carbocycles. The third kappa shape index (κ3) is 5.63. The van der Waals surface area contributed by atoms with Crippen LogP contribution in [0, 0.1) is 0 Å². The zero-order chi connectivity index (χ0) is 20.8. The van der Waals surface area contributed by atoms with E-state index < -0.39 is 0 Å². The lowest BCUT2D eigenvalue weighted by atomic mass is 10.2. The average Bonchev–Trinajstić information content (AvgIpc) is 3.24. The molecule has 2 amide bonds. The number of methoxy groups -OCH3 is 1. The van der Waals surface area contributed by atoms with E-state index in [1.165, 1.54) is 18.4 Å². The SMILES string of the molecule is COc1ccc(Br)cc1C(=O)NC(=S)Nc1ccc(NC(=O)c2cccs2)cc1. The van der Waals surface area contributed by atoms with Crippen LogP contribution >= 0.6 is 39.5 Å². The van der Waals surface area contributed by atoms with Gasteiger partial charge in [0, 0.05) is 15.8 Å². The van der Waals surface area contributed by atoms with Crippen molar-refractivity contribution in [3.63, 3.8) is 0 Å². The number of nitrogens with one attached hydrogen (secondary N) is 3.